The second-order valence-corrected chi connectivity index (χ2v) is 4.40. The van der Waals surface area contributed by atoms with Gasteiger partial charge in [-0.1, -0.05) is 12.2 Å². The van der Waals surface area contributed by atoms with Gasteiger partial charge in [-0.3, -0.25) is 0 Å². The van der Waals surface area contributed by atoms with Crippen LogP contribution in [0.5, 0.6) is 0 Å². The topological polar surface area (TPSA) is 42.2 Å². The van der Waals surface area contributed by atoms with Crippen molar-refractivity contribution in [2.24, 2.45) is 5.73 Å². The zero-order valence-corrected chi connectivity index (χ0v) is 10.7. The molecule has 0 aliphatic carbocycles. The van der Waals surface area contributed by atoms with Gasteiger partial charge in [0.1, 0.15) is 5.82 Å². The minimum atomic E-state index is 0.523. The molecule has 0 saturated carbocycles. The number of hydrogen-bond donors (Lipinski definition) is 1. The Labute approximate surface area is 98.0 Å². The molecule has 2 N–H and O–H groups in total. The lowest BCUT2D eigenvalue weighted by Crippen LogP contribution is -2.23. The van der Waals surface area contributed by atoms with Crippen LogP contribution in [-0.4, -0.2) is 18.6 Å². The van der Waals surface area contributed by atoms with E-state index in [0.29, 0.717) is 6.54 Å². The minimum absolute atomic E-state index is 0.523. The van der Waals surface area contributed by atoms with Crippen molar-refractivity contribution in [2.45, 2.75) is 27.3 Å². The van der Waals surface area contributed by atoms with E-state index in [1.807, 2.05) is 20.9 Å². The molecule has 3 heteroatoms. The number of anilines is 1. The number of nitrogens with zero attached hydrogens (tertiary/aromatic N) is 2. The van der Waals surface area contributed by atoms with E-state index in [-0.39, 0.29) is 0 Å². The van der Waals surface area contributed by atoms with Gasteiger partial charge in [-0.25, -0.2) is 4.98 Å². The molecule has 0 spiro atoms. The van der Waals surface area contributed by atoms with Crippen LogP contribution in [0.4, 0.5) is 5.82 Å². The first kappa shape index (κ1) is 12.7. The monoisotopic (exact) mass is 219 g/mol. The number of pyridine rings is 1. The van der Waals surface area contributed by atoms with Gasteiger partial charge in [0.2, 0.25) is 0 Å². The molecule has 0 saturated heterocycles. The summed E-state index contributed by atoms with van der Waals surface area (Å²) in [6, 6.07) is 2.07. The molecule has 0 amide bonds. The number of nitrogens with two attached hydrogens (primary N) is 1. The molecule has 1 aromatic rings. The summed E-state index contributed by atoms with van der Waals surface area (Å²) in [4.78, 5) is 6.66. The van der Waals surface area contributed by atoms with Crippen LogP contribution in [0.1, 0.15) is 23.7 Å². The van der Waals surface area contributed by atoms with Gasteiger partial charge < -0.3 is 10.6 Å². The smallest absolute Gasteiger partial charge is 0.133 e. The van der Waals surface area contributed by atoms with E-state index >= 15 is 0 Å². The molecule has 1 heterocycles. The third-order valence-electron chi connectivity index (χ3n) is 2.53. The average molecular weight is 219 g/mol. The highest BCUT2D eigenvalue weighted by atomic mass is 15.2. The summed E-state index contributed by atoms with van der Waals surface area (Å²) in [7, 11) is 2.02. The maximum Gasteiger partial charge on any atom is 0.133 e. The molecule has 0 bridgehead atoms. The molecule has 88 valence electrons. The first-order valence-electron chi connectivity index (χ1n) is 5.48. The van der Waals surface area contributed by atoms with Gasteiger partial charge >= 0.3 is 0 Å². The second kappa shape index (κ2) is 5.12. The fraction of sp³-hybridized carbons (Fsp3) is 0.462. The van der Waals surface area contributed by atoms with Crippen LogP contribution in [0, 0.1) is 13.8 Å². The largest absolute Gasteiger partial charge is 0.355 e. The van der Waals surface area contributed by atoms with Crippen LogP contribution in [0.3, 0.4) is 0 Å². The zero-order chi connectivity index (χ0) is 12.3. The Balaban J connectivity index is 3.15. The van der Waals surface area contributed by atoms with Crippen LogP contribution in [-0.2, 0) is 6.54 Å². The summed E-state index contributed by atoms with van der Waals surface area (Å²) in [5.74, 6) is 0.975. The van der Waals surface area contributed by atoms with Crippen molar-refractivity contribution in [3.05, 3.63) is 35.0 Å². The Morgan fingerprint density at radius 3 is 2.62 bits per heavy atom. The lowest BCUT2D eigenvalue weighted by Gasteiger charge is -2.22. The number of hydrogen-bond acceptors (Lipinski definition) is 3. The van der Waals surface area contributed by atoms with Crippen LogP contribution in [0.2, 0.25) is 0 Å². The lowest BCUT2D eigenvalue weighted by molar-refractivity contribution is 0.905. The van der Waals surface area contributed by atoms with Gasteiger partial charge in [-0.2, -0.15) is 0 Å². The highest BCUT2D eigenvalue weighted by Gasteiger charge is 2.11. The quantitative estimate of drug-likeness (QED) is 0.789. The van der Waals surface area contributed by atoms with Gasteiger partial charge in [-0.15, -0.1) is 0 Å². The molecule has 0 unspecified atom stereocenters. The Morgan fingerprint density at radius 2 is 2.12 bits per heavy atom. The summed E-state index contributed by atoms with van der Waals surface area (Å²) in [5, 5.41) is 0. The zero-order valence-electron chi connectivity index (χ0n) is 10.7. The predicted molar refractivity (Wildman–Crippen MR) is 69.7 cm³/mol. The first-order chi connectivity index (χ1) is 7.45. The van der Waals surface area contributed by atoms with Gasteiger partial charge in [0.15, 0.2) is 0 Å². The Hall–Kier alpha value is -1.35. The summed E-state index contributed by atoms with van der Waals surface area (Å²) in [5.41, 5.74) is 10.3. The van der Waals surface area contributed by atoms with E-state index in [1.165, 1.54) is 5.56 Å². The standard InChI is InChI=1S/C13H21N3/c1-9(2)8-16(5)13-12(7-14)10(3)6-11(4)15-13/h6H,1,7-8,14H2,2-5H3. The molecule has 0 aliphatic rings. The average Bonchev–Trinajstić information content (AvgIpc) is 2.15. The summed E-state index contributed by atoms with van der Waals surface area (Å²) in [6.45, 7) is 11.4. The van der Waals surface area contributed by atoms with Crippen molar-refractivity contribution < 1.29 is 0 Å². The SMILES string of the molecule is C=C(C)CN(C)c1nc(C)cc(C)c1CN. The predicted octanol–water partition coefficient (Wildman–Crippen LogP) is 2.17. The van der Waals surface area contributed by atoms with Crippen molar-refractivity contribution >= 4 is 5.82 Å². The van der Waals surface area contributed by atoms with Crippen LogP contribution < -0.4 is 10.6 Å². The number of aryl methyl sites for hydroxylation is 2. The third kappa shape index (κ3) is 2.83. The summed E-state index contributed by atoms with van der Waals surface area (Å²) >= 11 is 0. The molecule has 16 heavy (non-hydrogen) atoms. The van der Waals surface area contributed by atoms with Crippen LogP contribution in [0.15, 0.2) is 18.2 Å². The Kier molecular flexibility index (Phi) is 4.07. The molecule has 0 aliphatic heterocycles. The van der Waals surface area contributed by atoms with Crippen molar-refractivity contribution in [3.8, 4) is 0 Å². The van der Waals surface area contributed by atoms with E-state index in [9.17, 15) is 0 Å². The molecule has 1 aromatic heterocycles. The molecular formula is C13H21N3. The summed E-state index contributed by atoms with van der Waals surface area (Å²) in [6.07, 6.45) is 0. The molecule has 0 fully saturated rings. The highest BCUT2D eigenvalue weighted by Crippen LogP contribution is 2.21. The molecule has 0 atom stereocenters. The Bertz CT molecular complexity index is 396. The summed E-state index contributed by atoms with van der Waals surface area (Å²) < 4.78 is 0. The minimum Gasteiger partial charge on any atom is -0.355 e. The van der Waals surface area contributed by atoms with E-state index in [2.05, 4.69) is 29.5 Å². The molecule has 0 radical (unpaired) electrons. The Morgan fingerprint density at radius 1 is 1.50 bits per heavy atom. The van der Waals surface area contributed by atoms with Crippen LogP contribution in [0.25, 0.3) is 0 Å². The normalized spacial score (nSPS) is 10.3. The third-order valence-corrected chi connectivity index (χ3v) is 2.53. The fourth-order valence-corrected chi connectivity index (χ4v) is 1.89. The van der Waals surface area contributed by atoms with E-state index < -0.39 is 0 Å². The van der Waals surface area contributed by atoms with Gasteiger partial charge in [0, 0.05) is 31.4 Å². The van der Waals surface area contributed by atoms with E-state index in [1.54, 1.807) is 0 Å². The highest BCUT2D eigenvalue weighted by molar-refractivity contribution is 5.51. The molecular weight excluding hydrogens is 198 g/mol. The molecule has 1 rings (SSSR count). The van der Waals surface area contributed by atoms with E-state index in [4.69, 9.17) is 5.73 Å². The maximum atomic E-state index is 5.78. The van der Waals surface area contributed by atoms with Crippen LogP contribution >= 0.6 is 0 Å². The number of likely N-dealkylation sites (N-methyl/N-ethyl adjacent to an activating group) is 1. The van der Waals surface area contributed by atoms with Gasteiger partial charge in [0.25, 0.3) is 0 Å². The molecule has 0 aromatic carbocycles. The number of aromatic nitrogens is 1. The fourth-order valence-electron chi connectivity index (χ4n) is 1.89. The van der Waals surface area contributed by atoms with Crippen molar-refractivity contribution in [3.63, 3.8) is 0 Å². The van der Waals surface area contributed by atoms with E-state index in [0.717, 1.165) is 29.2 Å². The second-order valence-electron chi connectivity index (χ2n) is 4.40. The maximum absolute atomic E-state index is 5.78. The van der Waals surface area contributed by atoms with Crippen molar-refractivity contribution in [1.82, 2.24) is 4.98 Å². The first-order valence-corrected chi connectivity index (χ1v) is 5.48. The van der Waals surface area contributed by atoms with Crippen molar-refractivity contribution in [1.29, 1.82) is 0 Å². The molecule has 3 nitrogen and oxygen atoms in total. The van der Waals surface area contributed by atoms with Crippen molar-refractivity contribution in [2.75, 3.05) is 18.5 Å². The van der Waals surface area contributed by atoms with Gasteiger partial charge in [-0.05, 0) is 32.4 Å². The van der Waals surface area contributed by atoms with Gasteiger partial charge in [0.05, 0.1) is 0 Å². The lowest BCUT2D eigenvalue weighted by atomic mass is 10.1. The number of rotatable bonds is 4.